The Bertz CT molecular complexity index is 303. The first-order valence-corrected chi connectivity index (χ1v) is 5.35. The van der Waals surface area contributed by atoms with E-state index in [1.807, 2.05) is 12.3 Å². The standard InChI is InChI=1S/C11H17N3/c1-9(2)10-5-6-12-11(13-10)14-7-3-4-8-14/h5-6,9H,3-4,7-8H2,1-2H3. The summed E-state index contributed by atoms with van der Waals surface area (Å²) in [6, 6.07) is 2.00. The van der Waals surface area contributed by atoms with Gasteiger partial charge in [-0.2, -0.15) is 0 Å². The van der Waals surface area contributed by atoms with Gasteiger partial charge in [-0.3, -0.25) is 0 Å². The molecule has 3 heteroatoms. The zero-order chi connectivity index (χ0) is 9.97. The van der Waals surface area contributed by atoms with Crippen LogP contribution in [0.2, 0.25) is 0 Å². The molecule has 0 N–H and O–H groups in total. The van der Waals surface area contributed by atoms with Crippen LogP contribution in [0.4, 0.5) is 5.95 Å². The average molecular weight is 191 g/mol. The lowest BCUT2D eigenvalue weighted by Gasteiger charge is -2.16. The van der Waals surface area contributed by atoms with Gasteiger partial charge in [-0.15, -0.1) is 0 Å². The van der Waals surface area contributed by atoms with Crippen molar-refractivity contribution in [3.05, 3.63) is 18.0 Å². The first-order valence-electron chi connectivity index (χ1n) is 5.35. The highest BCUT2D eigenvalue weighted by Crippen LogP contribution is 2.18. The molecule has 2 rings (SSSR count). The number of aromatic nitrogens is 2. The van der Waals surface area contributed by atoms with Gasteiger partial charge in [0.25, 0.3) is 0 Å². The number of rotatable bonds is 2. The smallest absolute Gasteiger partial charge is 0.225 e. The molecule has 0 atom stereocenters. The van der Waals surface area contributed by atoms with E-state index in [0.717, 1.165) is 24.7 Å². The molecule has 14 heavy (non-hydrogen) atoms. The van der Waals surface area contributed by atoms with Gasteiger partial charge in [-0.05, 0) is 24.8 Å². The van der Waals surface area contributed by atoms with Crippen molar-refractivity contribution in [2.45, 2.75) is 32.6 Å². The minimum Gasteiger partial charge on any atom is -0.341 e. The highest BCUT2D eigenvalue weighted by atomic mass is 15.3. The second-order valence-electron chi connectivity index (χ2n) is 4.13. The number of nitrogens with zero attached hydrogens (tertiary/aromatic N) is 3. The normalized spacial score (nSPS) is 16.6. The van der Waals surface area contributed by atoms with E-state index in [1.165, 1.54) is 12.8 Å². The Kier molecular flexibility index (Phi) is 2.66. The minimum atomic E-state index is 0.486. The van der Waals surface area contributed by atoms with Crippen molar-refractivity contribution in [2.75, 3.05) is 18.0 Å². The topological polar surface area (TPSA) is 29.0 Å². The predicted molar refractivity (Wildman–Crippen MR) is 57.6 cm³/mol. The van der Waals surface area contributed by atoms with E-state index >= 15 is 0 Å². The Morgan fingerprint density at radius 1 is 1.29 bits per heavy atom. The summed E-state index contributed by atoms with van der Waals surface area (Å²) in [4.78, 5) is 11.2. The van der Waals surface area contributed by atoms with Crippen LogP contribution in [0.25, 0.3) is 0 Å². The lowest BCUT2D eigenvalue weighted by molar-refractivity contribution is 0.795. The maximum atomic E-state index is 4.57. The van der Waals surface area contributed by atoms with Gasteiger partial charge in [0.1, 0.15) is 0 Å². The van der Waals surface area contributed by atoms with Crippen LogP contribution in [-0.4, -0.2) is 23.1 Å². The predicted octanol–water partition coefficient (Wildman–Crippen LogP) is 2.20. The maximum Gasteiger partial charge on any atom is 0.225 e. The first kappa shape index (κ1) is 9.44. The van der Waals surface area contributed by atoms with Gasteiger partial charge in [-0.25, -0.2) is 9.97 Å². The van der Waals surface area contributed by atoms with Gasteiger partial charge >= 0.3 is 0 Å². The van der Waals surface area contributed by atoms with Crippen molar-refractivity contribution in [3.8, 4) is 0 Å². The van der Waals surface area contributed by atoms with Gasteiger partial charge in [0.15, 0.2) is 0 Å². The van der Waals surface area contributed by atoms with Gasteiger partial charge in [0.2, 0.25) is 5.95 Å². The summed E-state index contributed by atoms with van der Waals surface area (Å²) >= 11 is 0. The molecule has 0 spiro atoms. The Morgan fingerprint density at radius 2 is 2.00 bits per heavy atom. The van der Waals surface area contributed by atoms with Crippen LogP contribution in [0.15, 0.2) is 12.3 Å². The fourth-order valence-corrected chi connectivity index (χ4v) is 1.75. The SMILES string of the molecule is CC(C)c1ccnc(N2CCCC2)n1. The maximum absolute atomic E-state index is 4.57. The molecule has 76 valence electrons. The fourth-order valence-electron chi connectivity index (χ4n) is 1.75. The molecule has 3 nitrogen and oxygen atoms in total. The highest BCUT2D eigenvalue weighted by Gasteiger charge is 2.15. The summed E-state index contributed by atoms with van der Waals surface area (Å²) in [5.41, 5.74) is 1.14. The van der Waals surface area contributed by atoms with Gasteiger partial charge in [0, 0.05) is 25.0 Å². The van der Waals surface area contributed by atoms with Crippen LogP contribution in [0.1, 0.15) is 38.3 Å². The van der Waals surface area contributed by atoms with Crippen LogP contribution in [0.3, 0.4) is 0 Å². The summed E-state index contributed by atoms with van der Waals surface area (Å²) in [7, 11) is 0. The van der Waals surface area contributed by atoms with E-state index in [0.29, 0.717) is 5.92 Å². The van der Waals surface area contributed by atoms with E-state index in [2.05, 4.69) is 28.7 Å². The van der Waals surface area contributed by atoms with Gasteiger partial charge in [-0.1, -0.05) is 13.8 Å². The summed E-state index contributed by atoms with van der Waals surface area (Å²) in [5.74, 6) is 1.40. The van der Waals surface area contributed by atoms with Crippen LogP contribution in [0, 0.1) is 0 Å². The molecular weight excluding hydrogens is 174 g/mol. The number of anilines is 1. The average Bonchev–Trinajstić information content (AvgIpc) is 2.71. The van der Waals surface area contributed by atoms with Crippen molar-refractivity contribution in [1.82, 2.24) is 9.97 Å². The molecule has 0 aromatic carbocycles. The zero-order valence-corrected chi connectivity index (χ0v) is 8.90. The van der Waals surface area contributed by atoms with Crippen LogP contribution in [-0.2, 0) is 0 Å². The van der Waals surface area contributed by atoms with E-state index in [1.54, 1.807) is 0 Å². The molecule has 0 unspecified atom stereocenters. The summed E-state index contributed by atoms with van der Waals surface area (Å²) in [5, 5.41) is 0. The molecule has 2 heterocycles. The summed E-state index contributed by atoms with van der Waals surface area (Å²) in [6.07, 6.45) is 4.42. The lowest BCUT2D eigenvalue weighted by Crippen LogP contribution is -2.20. The molecule has 1 saturated heterocycles. The second-order valence-corrected chi connectivity index (χ2v) is 4.13. The Hall–Kier alpha value is -1.12. The Morgan fingerprint density at radius 3 is 2.64 bits per heavy atom. The van der Waals surface area contributed by atoms with E-state index in [4.69, 9.17) is 0 Å². The Labute approximate surface area is 85.2 Å². The zero-order valence-electron chi connectivity index (χ0n) is 8.90. The highest BCUT2D eigenvalue weighted by molar-refractivity contribution is 5.31. The lowest BCUT2D eigenvalue weighted by atomic mass is 10.1. The van der Waals surface area contributed by atoms with Crippen molar-refractivity contribution >= 4 is 5.95 Å². The van der Waals surface area contributed by atoms with Crippen LogP contribution < -0.4 is 4.90 Å². The van der Waals surface area contributed by atoms with Gasteiger partial charge in [0.05, 0.1) is 0 Å². The molecule has 1 aliphatic rings. The summed E-state index contributed by atoms with van der Waals surface area (Å²) < 4.78 is 0. The Balaban J connectivity index is 2.21. The van der Waals surface area contributed by atoms with Gasteiger partial charge < -0.3 is 4.90 Å². The fraction of sp³-hybridized carbons (Fsp3) is 0.636. The van der Waals surface area contributed by atoms with Crippen molar-refractivity contribution in [1.29, 1.82) is 0 Å². The molecule has 0 aliphatic carbocycles. The molecular formula is C11H17N3. The van der Waals surface area contributed by atoms with Crippen molar-refractivity contribution < 1.29 is 0 Å². The first-order chi connectivity index (χ1) is 6.77. The monoisotopic (exact) mass is 191 g/mol. The molecule has 1 aromatic heterocycles. The van der Waals surface area contributed by atoms with Crippen LogP contribution >= 0.6 is 0 Å². The van der Waals surface area contributed by atoms with Crippen LogP contribution in [0.5, 0.6) is 0 Å². The van der Waals surface area contributed by atoms with E-state index in [9.17, 15) is 0 Å². The van der Waals surface area contributed by atoms with Crippen molar-refractivity contribution in [2.24, 2.45) is 0 Å². The van der Waals surface area contributed by atoms with Crippen molar-refractivity contribution in [3.63, 3.8) is 0 Å². The molecule has 0 amide bonds. The molecule has 0 saturated carbocycles. The molecule has 1 fully saturated rings. The second kappa shape index (κ2) is 3.95. The quantitative estimate of drug-likeness (QED) is 0.717. The minimum absolute atomic E-state index is 0.486. The molecule has 1 aromatic rings. The number of hydrogen-bond donors (Lipinski definition) is 0. The number of hydrogen-bond acceptors (Lipinski definition) is 3. The molecule has 1 aliphatic heterocycles. The summed E-state index contributed by atoms with van der Waals surface area (Å²) in [6.45, 7) is 6.55. The largest absolute Gasteiger partial charge is 0.341 e. The molecule has 0 bridgehead atoms. The third-order valence-corrected chi connectivity index (χ3v) is 2.64. The molecule has 0 radical (unpaired) electrons. The van der Waals surface area contributed by atoms with E-state index < -0.39 is 0 Å². The third-order valence-electron chi connectivity index (χ3n) is 2.64. The van der Waals surface area contributed by atoms with E-state index in [-0.39, 0.29) is 0 Å². The third kappa shape index (κ3) is 1.86.